The standard InChI is InChI=1S/C17H16O5/c1-21-15-9-11(10-16(22-2)17(15)20)7-8-14(19)12-5-3-4-6-13(12)18/h3-10,18,20H,1-2H3. The zero-order chi connectivity index (χ0) is 16.1. The highest BCUT2D eigenvalue weighted by atomic mass is 16.5. The first-order chi connectivity index (χ1) is 10.6. The number of carbonyl (C=O) groups is 1. The number of allylic oxidation sites excluding steroid dienone is 1. The van der Waals surface area contributed by atoms with E-state index in [0.717, 1.165) is 0 Å². The Hall–Kier alpha value is -2.95. The van der Waals surface area contributed by atoms with Crippen molar-refractivity contribution in [2.75, 3.05) is 14.2 Å². The van der Waals surface area contributed by atoms with E-state index in [4.69, 9.17) is 9.47 Å². The number of aromatic hydroxyl groups is 2. The van der Waals surface area contributed by atoms with Gasteiger partial charge in [-0.05, 0) is 35.9 Å². The minimum Gasteiger partial charge on any atom is -0.507 e. The Morgan fingerprint density at radius 3 is 2.18 bits per heavy atom. The molecule has 0 unspecified atom stereocenters. The van der Waals surface area contributed by atoms with Crippen LogP contribution in [0.1, 0.15) is 15.9 Å². The molecule has 2 aromatic carbocycles. The molecule has 0 bridgehead atoms. The number of ketones is 1. The normalized spacial score (nSPS) is 10.6. The Morgan fingerprint density at radius 1 is 1.05 bits per heavy atom. The second kappa shape index (κ2) is 6.67. The van der Waals surface area contributed by atoms with Crippen molar-refractivity contribution in [2.45, 2.75) is 0 Å². The van der Waals surface area contributed by atoms with Gasteiger partial charge in [0.05, 0.1) is 19.8 Å². The molecular weight excluding hydrogens is 284 g/mol. The van der Waals surface area contributed by atoms with Crippen molar-refractivity contribution in [3.63, 3.8) is 0 Å². The average molecular weight is 300 g/mol. The minimum absolute atomic E-state index is 0.0713. The summed E-state index contributed by atoms with van der Waals surface area (Å²) in [6.07, 6.45) is 2.89. The Kier molecular flexibility index (Phi) is 4.68. The largest absolute Gasteiger partial charge is 0.507 e. The molecule has 0 aliphatic heterocycles. The highest BCUT2D eigenvalue weighted by Crippen LogP contribution is 2.37. The van der Waals surface area contributed by atoms with E-state index in [0.29, 0.717) is 5.56 Å². The third kappa shape index (κ3) is 3.20. The third-order valence-corrected chi connectivity index (χ3v) is 3.10. The molecule has 0 amide bonds. The van der Waals surface area contributed by atoms with Gasteiger partial charge in [0, 0.05) is 0 Å². The summed E-state index contributed by atoms with van der Waals surface area (Å²) in [6.45, 7) is 0. The molecule has 0 spiro atoms. The Labute approximate surface area is 128 Å². The number of carbonyl (C=O) groups excluding carboxylic acids is 1. The summed E-state index contributed by atoms with van der Waals surface area (Å²) in [6, 6.07) is 9.46. The minimum atomic E-state index is -0.330. The maximum atomic E-state index is 12.1. The molecule has 0 atom stereocenters. The van der Waals surface area contributed by atoms with E-state index in [1.54, 1.807) is 36.4 Å². The van der Waals surface area contributed by atoms with Crippen LogP contribution in [0.3, 0.4) is 0 Å². The van der Waals surface area contributed by atoms with E-state index < -0.39 is 0 Å². The third-order valence-electron chi connectivity index (χ3n) is 3.10. The lowest BCUT2D eigenvalue weighted by Gasteiger charge is -2.09. The van der Waals surface area contributed by atoms with Crippen LogP contribution in [0, 0.1) is 0 Å². The van der Waals surface area contributed by atoms with Crippen molar-refractivity contribution in [1.82, 2.24) is 0 Å². The first-order valence-electron chi connectivity index (χ1n) is 6.52. The molecule has 0 saturated heterocycles. The highest BCUT2D eigenvalue weighted by Gasteiger charge is 2.11. The van der Waals surface area contributed by atoms with Gasteiger partial charge in [0.15, 0.2) is 17.3 Å². The average Bonchev–Trinajstić information content (AvgIpc) is 2.54. The zero-order valence-corrected chi connectivity index (χ0v) is 12.2. The number of ether oxygens (including phenoxy) is 2. The summed E-state index contributed by atoms with van der Waals surface area (Å²) >= 11 is 0. The number of hydrogen-bond acceptors (Lipinski definition) is 5. The molecule has 0 fully saturated rings. The Balaban J connectivity index is 2.30. The van der Waals surface area contributed by atoms with Gasteiger partial charge >= 0.3 is 0 Å². The Morgan fingerprint density at radius 2 is 1.64 bits per heavy atom. The molecule has 2 N–H and O–H groups in total. The van der Waals surface area contributed by atoms with Crippen molar-refractivity contribution in [3.8, 4) is 23.0 Å². The summed E-state index contributed by atoms with van der Waals surface area (Å²) in [5, 5.41) is 19.5. The summed E-state index contributed by atoms with van der Waals surface area (Å²) in [5.74, 6) is -0.0145. The van der Waals surface area contributed by atoms with E-state index in [9.17, 15) is 15.0 Å². The lowest BCUT2D eigenvalue weighted by atomic mass is 10.1. The first-order valence-corrected chi connectivity index (χ1v) is 6.52. The molecule has 2 aromatic rings. The monoisotopic (exact) mass is 300 g/mol. The first kappa shape index (κ1) is 15.4. The van der Waals surface area contributed by atoms with Crippen molar-refractivity contribution < 1.29 is 24.5 Å². The maximum absolute atomic E-state index is 12.1. The smallest absolute Gasteiger partial charge is 0.200 e. The van der Waals surface area contributed by atoms with Gasteiger partial charge in [-0.25, -0.2) is 0 Å². The fourth-order valence-electron chi connectivity index (χ4n) is 1.95. The van der Waals surface area contributed by atoms with Gasteiger partial charge in [0.1, 0.15) is 5.75 Å². The highest BCUT2D eigenvalue weighted by molar-refractivity contribution is 6.08. The summed E-state index contributed by atoms with van der Waals surface area (Å²) in [5.41, 5.74) is 0.840. The van der Waals surface area contributed by atoms with E-state index in [-0.39, 0.29) is 34.3 Å². The molecule has 5 nitrogen and oxygen atoms in total. The maximum Gasteiger partial charge on any atom is 0.200 e. The van der Waals surface area contributed by atoms with Crippen LogP contribution in [-0.4, -0.2) is 30.2 Å². The number of methoxy groups -OCH3 is 2. The molecule has 0 aromatic heterocycles. The topological polar surface area (TPSA) is 76.0 Å². The molecule has 0 radical (unpaired) electrons. The van der Waals surface area contributed by atoms with Gasteiger partial charge in [0.25, 0.3) is 0 Å². The number of para-hydroxylation sites is 1. The lowest BCUT2D eigenvalue weighted by molar-refractivity contribution is 0.104. The number of hydrogen-bond donors (Lipinski definition) is 2. The number of phenolic OH excluding ortho intramolecular Hbond substituents is 2. The molecule has 0 heterocycles. The van der Waals surface area contributed by atoms with Gasteiger partial charge in [-0.15, -0.1) is 0 Å². The van der Waals surface area contributed by atoms with Gasteiger partial charge in [-0.2, -0.15) is 0 Å². The van der Waals surface area contributed by atoms with Crippen molar-refractivity contribution in [1.29, 1.82) is 0 Å². The summed E-state index contributed by atoms with van der Waals surface area (Å²) in [4.78, 5) is 12.1. The summed E-state index contributed by atoms with van der Waals surface area (Å²) in [7, 11) is 2.85. The van der Waals surface area contributed by atoms with Crippen LogP contribution >= 0.6 is 0 Å². The van der Waals surface area contributed by atoms with Crippen LogP contribution in [0.5, 0.6) is 23.0 Å². The molecule has 114 valence electrons. The molecular formula is C17H16O5. The zero-order valence-electron chi connectivity index (χ0n) is 12.2. The van der Waals surface area contributed by atoms with Crippen LogP contribution in [0.25, 0.3) is 6.08 Å². The van der Waals surface area contributed by atoms with Crippen LogP contribution < -0.4 is 9.47 Å². The molecule has 22 heavy (non-hydrogen) atoms. The van der Waals surface area contributed by atoms with Gasteiger partial charge in [0.2, 0.25) is 5.75 Å². The van der Waals surface area contributed by atoms with Crippen LogP contribution in [0.4, 0.5) is 0 Å². The van der Waals surface area contributed by atoms with E-state index in [2.05, 4.69) is 0 Å². The second-order valence-electron chi connectivity index (χ2n) is 4.49. The quantitative estimate of drug-likeness (QED) is 0.655. The number of benzene rings is 2. The molecule has 2 rings (SSSR count). The molecule has 0 aliphatic carbocycles. The van der Waals surface area contributed by atoms with Gasteiger partial charge in [-0.1, -0.05) is 18.2 Å². The van der Waals surface area contributed by atoms with Crippen LogP contribution in [0.2, 0.25) is 0 Å². The number of rotatable bonds is 5. The van der Waals surface area contributed by atoms with E-state index in [1.807, 2.05) is 0 Å². The van der Waals surface area contributed by atoms with Gasteiger partial charge in [-0.3, -0.25) is 4.79 Å². The predicted octanol–water partition coefficient (Wildman–Crippen LogP) is 3.01. The molecule has 0 saturated carbocycles. The lowest BCUT2D eigenvalue weighted by Crippen LogP contribution is -1.94. The molecule has 5 heteroatoms. The molecule has 0 aliphatic rings. The predicted molar refractivity (Wildman–Crippen MR) is 82.7 cm³/mol. The fraction of sp³-hybridized carbons (Fsp3) is 0.118. The fourth-order valence-corrected chi connectivity index (χ4v) is 1.95. The second-order valence-corrected chi connectivity index (χ2v) is 4.49. The van der Waals surface area contributed by atoms with E-state index in [1.165, 1.54) is 26.4 Å². The van der Waals surface area contributed by atoms with Gasteiger partial charge < -0.3 is 19.7 Å². The summed E-state index contributed by atoms with van der Waals surface area (Å²) < 4.78 is 10.1. The number of phenols is 2. The Bertz CT molecular complexity index is 694. The van der Waals surface area contributed by atoms with Crippen molar-refractivity contribution in [2.24, 2.45) is 0 Å². The van der Waals surface area contributed by atoms with Crippen LogP contribution in [-0.2, 0) is 0 Å². The van der Waals surface area contributed by atoms with Crippen LogP contribution in [0.15, 0.2) is 42.5 Å². The van der Waals surface area contributed by atoms with E-state index >= 15 is 0 Å². The van der Waals surface area contributed by atoms with Crippen molar-refractivity contribution >= 4 is 11.9 Å². The SMILES string of the molecule is COc1cc(C=CC(=O)c2ccccc2O)cc(OC)c1O. The van der Waals surface area contributed by atoms with Crippen molar-refractivity contribution in [3.05, 3.63) is 53.6 Å².